The molecule has 136 valence electrons. The van der Waals surface area contributed by atoms with Gasteiger partial charge in [-0.2, -0.15) is 0 Å². The minimum absolute atomic E-state index is 0.854. The standard InChI is InChI=1S/C27H17NO/c1-2-7-19(8-3-1)26-17-24-25(29-26)14-15-28-27(24)21-12-13-23-20(16-21)11-10-18-6-4-5-9-22(18)23/h1-17H. The number of nitrogens with zero attached hydrogens (tertiary/aromatic N) is 1. The lowest BCUT2D eigenvalue weighted by molar-refractivity contribution is 0.631. The number of aromatic nitrogens is 1. The van der Waals surface area contributed by atoms with Crippen LogP contribution < -0.4 is 0 Å². The lowest BCUT2D eigenvalue weighted by atomic mass is 9.98. The molecule has 2 heteroatoms. The summed E-state index contributed by atoms with van der Waals surface area (Å²) in [5.41, 5.74) is 3.97. The van der Waals surface area contributed by atoms with Crippen molar-refractivity contribution in [3.8, 4) is 22.6 Å². The molecule has 0 saturated heterocycles. The highest BCUT2D eigenvalue weighted by atomic mass is 16.3. The van der Waals surface area contributed by atoms with Crippen molar-refractivity contribution in [1.82, 2.24) is 4.98 Å². The number of benzene rings is 4. The van der Waals surface area contributed by atoms with Gasteiger partial charge < -0.3 is 4.42 Å². The van der Waals surface area contributed by atoms with Gasteiger partial charge in [-0.15, -0.1) is 0 Å². The van der Waals surface area contributed by atoms with Crippen LogP contribution in [0.4, 0.5) is 0 Å². The van der Waals surface area contributed by atoms with E-state index in [9.17, 15) is 0 Å². The fraction of sp³-hybridized carbons (Fsp3) is 0. The van der Waals surface area contributed by atoms with E-state index >= 15 is 0 Å². The molecule has 0 aliphatic carbocycles. The molecule has 0 spiro atoms. The molecular weight excluding hydrogens is 354 g/mol. The van der Waals surface area contributed by atoms with Gasteiger partial charge in [0.2, 0.25) is 0 Å². The van der Waals surface area contributed by atoms with E-state index in [4.69, 9.17) is 9.40 Å². The van der Waals surface area contributed by atoms with Crippen molar-refractivity contribution in [2.24, 2.45) is 0 Å². The van der Waals surface area contributed by atoms with Crippen molar-refractivity contribution in [3.05, 3.63) is 103 Å². The molecule has 0 aliphatic rings. The zero-order valence-electron chi connectivity index (χ0n) is 15.7. The van der Waals surface area contributed by atoms with Gasteiger partial charge in [0.25, 0.3) is 0 Å². The zero-order chi connectivity index (χ0) is 19.2. The minimum Gasteiger partial charge on any atom is -0.456 e. The lowest BCUT2D eigenvalue weighted by Gasteiger charge is -2.07. The van der Waals surface area contributed by atoms with E-state index in [1.165, 1.54) is 21.5 Å². The van der Waals surface area contributed by atoms with Crippen LogP contribution >= 0.6 is 0 Å². The first-order valence-electron chi connectivity index (χ1n) is 9.73. The number of hydrogen-bond donors (Lipinski definition) is 0. The summed E-state index contributed by atoms with van der Waals surface area (Å²) in [5.74, 6) is 0.863. The Morgan fingerprint density at radius 2 is 1.34 bits per heavy atom. The van der Waals surface area contributed by atoms with Crippen LogP contribution in [0.5, 0.6) is 0 Å². The van der Waals surface area contributed by atoms with Crippen LogP contribution in [0.2, 0.25) is 0 Å². The van der Waals surface area contributed by atoms with Crippen molar-refractivity contribution in [1.29, 1.82) is 0 Å². The quantitative estimate of drug-likeness (QED) is 0.295. The fourth-order valence-corrected chi connectivity index (χ4v) is 4.10. The summed E-state index contributed by atoms with van der Waals surface area (Å²) in [5, 5.41) is 6.04. The molecule has 2 heterocycles. The van der Waals surface area contributed by atoms with Crippen LogP contribution in [0.25, 0.3) is 55.1 Å². The highest BCUT2D eigenvalue weighted by Gasteiger charge is 2.13. The topological polar surface area (TPSA) is 26.0 Å². The molecule has 0 fully saturated rings. The van der Waals surface area contributed by atoms with E-state index in [1.54, 1.807) is 0 Å². The molecule has 2 nitrogen and oxygen atoms in total. The summed E-state index contributed by atoms with van der Waals surface area (Å²) in [7, 11) is 0. The number of rotatable bonds is 2. The molecule has 0 saturated carbocycles. The molecular formula is C27H17NO. The number of fused-ring (bicyclic) bond motifs is 4. The summed E-state index contributed by atoms with van der Waals surface area (Å²) in [6, 6.07) is 33.7. The molecule has 29 heavy (non-hydrogen) atoms. The van der Waals surface area contributed by atoms with Crippen LogP contribution in [0.1, 0.15) is 0 Å². The van der Waals surface area contributed by atoms with Crippen LogP contribution in [-0.2, 0) is 0 Å². The maximum absolute atomic E-state index is 6.12. The highest BCUT2D eigenvalue weighted by molar-refractivity contribution is 6.09. The average Bonchev–Trinajstić information content (AvgIpc) is 3.24. The summed E-state index contributed by atoms with van der Waals surface area (Å²) < 4.78 is 6.12. The Bertz CT molecular complexity index is 1500. The van der Waals surface area contributed by atoms with Crippen molar-refractivity contribution >= 4 is 32.5 Å². The molecule has 2 aromatic heterocycles. The SMILES string of the molecule is c1ccc(-c2cc3c(-c4ccc5c(ccc6ccccc65)c4)nccc3o2)cc1. The Balaban J connectivity index is 1.55. The van der Waals surface area contributed by atoms with E-state index in [0.717, 1.165) is 33.6 Å². The zero-order valence-corrected chi connectivity index (χ0v) is 15.7. The second-order valence-electron chi connectivity index (χ2n) is 7.27. The van der Waals surface area contributed by atoms with Gasteiger partial charge in [0.1, 0.15) is 11.3 Å². The predicted octanol–water partition coefficient (Wildman–Crippen LogP) is 7.47. The maximum atomic E-state index is 6.12. The van der Waals surface area contributed by atoms with Crippen molar-refractivity contribution in [3.63, 3.8) is 0 Å². The van der Waals surface area contributed by atoms with Crippen molar-refractivity contribution in [2.45, 2.75) is 0 Å². The van der Waals surface area contributed by atoms with Gasteiger partial charge in [-0.25, -0.2) is 0 Å². The molecule has 6 rings (SSSR count). The molecule has 0 radical (unpaired) electrons. The van der Waals surface area contributed by atoms with E-state index in [2.05, 4.69) is 72.8 Å². The maximum Gasteiger partial charge on any atom is 0.138 e. The van der Waals surface area contributed by atoms with Gasteiger partial charge in [0, 0.05) is 22.7 Å². The van der Waals surface area contributed by atoms with Crippen LogP contribution in [-0.4, -0.2) is 4.98 Å². The summed E-state index contributed by atoms with van der Waals surface area (Å²) in [6.45, 7) is 0. The summed E-state index contributed by atoms with van der Waals surface area (Å²) in [4.78, 5) is 4.69. The van der Waals surface area contributed by atoms with E-state index in [0.29, 0.717) is 0 Å². The first kappa shape index (κ1) is 16.1. The van der Waals surface area contributed by atoms with Crippen LogP contribution in [0.15, 0.2) is 108 Å². The minimum atomic E-state index is 0.854. The molecule has 0 atom stereocenters. The van der Waals surface area contributed by atoms with E-state index < -0.39 is 0 Å². The van der Waals surface area contributed by atoms with Gasteiger partial charge in [-0.05, 0) is 39.7 Å². The Labute approximate surface area is 168 Å². The molecule has 0 bridgehead atoms. The third-order valence-corrected chi connectivity index (χ3v) is 5.52. The van der Waals surface area contributed by atoms with Crippen LogP contribution in [0.3, 0.4) is 0 Å². The number of furan rings is 1. The first-order valence-corrected chi connectivity index (χ1v) is 9.73. The molecule has 6 aromatic rings. The Hall–Kier alpha value is -3.91. The molecule has 0 unspecified atom stereocenters. The van der Waals surface area contributed by atoms with Gasteiger partial charge in [-0.1, -0.05) is 78.9 Å². The smallest absolute Gasteiger partial charge is 0.138 e. The van der Waals surface area contributed by atoms with Gasteiger partial charge in [-0.3, -0.25) is 4.98 Å². The predicted molar refractivity (Wildman–Crippen MR) is 120 cm³/mol. The van der Waals surface area contributed by atoms with Crippen LogP contribution in [0, 0.1) is 0 Å². The third-order valence-electron chi connectivity index (χ3n) is 5.52. The normalized spacial score (nSPS) is 11.4. The van der Waals surface area contributed by atoms with E-state index in [1.807, 2.05) is 30.5 Å². The molecule has 0 N–H and O–H groups in total. The van der Waals surface area contributed by atoms with E-state index in [-0.39, 0.29) is 0 Å². The molecule has 0 amide bonds. The largest absolute Gasteiger partial charge is 0.456 e. The fourth-order valence-electron chi connectivity index (χ4n) is 4.10. The average molecular weight is 371 g/mol. The van der Waals surface area contributed by atoms with Gasteiger partial charge in [0.05, 0.1) is 5.69 Å². The Kier molecular flexibility index (Phi) is 3.50. The van der Waals surface area contributed by atoms with Gasteiger partial charge >= 0.3 is 0 Å². The van der Waals surface area contributed by atoms with Crippen molar-refractivity contribution < 1.29 is 4.42 Å². The summed E-state index contributed by atoms with van der Waals surface area (Å²) in [6.07, 6.45) is 1.82. The lowest BCUT2D eigenvalue weighted by Crippen LogP contribution is -1.85. The second kappa shape index (κ2) is 6.32. The number of hydrogen-bond acceptors (Lipinski definition) is 2. The highest BCUT2D eigenvalue weighted by Crippen LogP contribution is 2.35. The Morgan fingerprint density at radius 1 is 0.552 bits per heavy atom. The second-order valence-corrected chi connectivity index (χ2v) is 7.27. The van der Waals surface area contributed by atoms with Gasteiger partial charge in [0.15, 0.2) is 0 Å². The number of pyridine rings is 1. The summed E-state index contributed by atoms with van der Waals surface area (Å²) >= 11 is 0. The van der Waals surface area contributed by atoms with Crippen molar-refractivity contribution in [2.75, 3.05) is 0 Å². The Morgan fingerprint density at radius 3 is 2.28 bits per heavy atom. The monoisotopic (exact) mass is 371 g/mol. The molecule has 4 aromatic carbocycles. The first-order chi connectivity index (χ1) is 14.4. The third kappa shape index (κ3) is 2.61. The molecule has 0 aliphatic heterocycles.